The molecule has 5 heteroatoms. The zero-order chi connectivity index (χ0) is 13.9. The molecule has 96 valence electrons. The molecule has 2 nitrogen and oxygen atoms in total. The zero-order valence-electron chi connectivity index (χ0n) is 9.78. The Kier molecular flexibility index (Phi) is 3.52. The lowest BCUT2D eigenvalue weighted by molar-refractivity contribution is -0.137. The fraction of sp³-hybridized carbons (Fsp3) is 0.143. The second-order valence-corrected chi connectivity index (χ2v) is 4.01. The number of hydrogen-bond donors (Lipinski definition) is 0. The molecule has 1 aromatic carbocycles. The van der Waals surface area contributed by atoms with Crippen LogP contribution in [0.3, 0.4) is 0 Å². The second-order valence-electron chi connectivity index (χ2n) is 4.01. The van der Waals surface area contributed by atoms with Crippen LogP contribution in [0.4, 0.5) is 19.0 Å². The molecule has 0 spiro atoms. The number of aromatic nitrogens is 1. The Hall–Kier alpha value is -2.35. The molecule has 0 N–H and O–H groups in total. The van der Waals surface area contributed by atoms with Crippen molar-refractivity contribution >= 4 is 5.82 Å². The summed E-state index contributed by atoms with van der Waals surface area (Å²) in [4.78, 5) is 7.04. The molecule has 2 aromatic rings. The molecule has 1 heterocycles. The molecule has 0 radical (unpaired) electrons. The highest BCUT2D eigenvalue weighted by atomic mass is 19.4. The molecule has 0 amide bonds. The van der Waals surface area contributed by atoms with Crippen LogP contribution in [0.25, 0.3) is 4.85 Å². The van der Waals surface area contributed by atoms with Gasteiger partial charge < -0.3 is 4.85 Å². The van der Waals surface area contributed by atoms with Crippen molar-refractivity contribution in [2.75, 3.05) is 0 Å². The van der Waals surface area contributed by atoms with Crippen LogP contribution in [0.1, 0.15) is 16.7 Å². The van der Waals surface area contributed by atoms with E-state index in [-0.39, 0.29) is 5.82 Å². The predicted molar refractivity (Wildman–Crippen MR) is 64.7 cm³/mol. The maximum atomic E-state index is 12.6. The molecule has 2 rings (SSSR count). The Bertz CT molecular complexity index is 610. The van der Waals surface area contributed by atoms with Gasteiger partial charge in [0.05, 0.1) is 5.56 Å². The first-order valence-corrected chi connectivity index (χ1v) is 5.47. The fourth-order valence-electron chi connectivity index (χ4n) is 1.68. The minimum absolute atomic E-state index is 0.271. The maximum absolute atomic E-state index is 12.6. The average Bonchev–Trinajstić information content (AvgIpc) is 2.39. The summed E-state index contributed by atoms with van der Waals surface area (Å²) in [7, 11) is 0. The van der Waals surface area contributed by atoms with Crippen LogP contribution >= 0.6 is 0 Å². The summed E-state index contributed by atoms with van der Waals surface area (Å²) in [6.45, 7) is 6.77. The van der Waals surface area contributed by atoms with Crippen LogP contribution in [-0.2, 0) is 12.6 Å². The van der Waals surface area contributed by atoms with E-state index < -0.39 is 11.7 Å². The maximum Gasteiger partial charge on any atom is 0.416 e. The molecule has 0 atom stereocenters. The molecule has 0 saturated heterocycles. The van der Waals surface area contributed by atoms with Gasteiger partial charge in [0.25, 0.3) is 5.82 Å². The molecule has 0 unspecified atom stereocenters. The minimum Gasteiger partial charge on any atom is -0.361 e. The molecular weight excluding hydrogens is 253 g/mol. The third-order valence-electron chi connectivity index (χ3n) is 2.59. The fourth-order valence-corrected chi connectivity index (χ4v) is 1.68. The summed E-state index contributed by atoms with van der Waals surface area (Å²) in [5, 5.41) is 0. The molecule has 1 aromatic heterocycles. The normalized spacial score (nSPS) is 11.1. The lowest BCUT2D eigenvalue weighted by Crippen LogP contribution is -2.05. The molecule has 0 aliphatic carbocycles. The Morgan fingerprint density at radius 2 is 1.89 bits per heavy atom. The summed E-state index contributed by atoms with van der Waals surface area (Å²) < 4.78 is 37.7. The smallest absolute Gasteiger partial charge is 0.361 e. The number of pyridine rings is 1. The van der Waals surface area contributed by atoms with E-state index in [0.717, 1.165) is 17.7 Å². The van der Waals surface area contributed by atoms with Gasteiger partial charge in [-0.1, -0.05) is 30.8 Å². The van der Waals surface area contributed by atoms with E-state index in [0.29, 0.717) is 12.0 Å². The lowest BCUT2D eigenvalue weighted by atomic mass is 10.0. The van der Waals surface area contributed by atoms with Crippen molar-refractivity contribution in [2.24, 2.45) is 0 Å². The lowest BCUT2D eigenvalue weighted by Gasteiger charge is -2.08. The SMILES string of the molecule is [C-]#[N+]c1ccc(Cc2cccc(C(F)(F)F)c2)cn1. The van der Waals surface area contributed by atoms with E-state index in [2.05, 4.69) is 9.83 Å². The third kappa shape index (κ3) is 3.32. The summed E-state index contributed by atoms with van der Waals surface area (Å²) in [6, 6.07) is 8.44. The van der Waals surface area contributed by atoms with Gasteiger partial charge in [0, 0.05) is 6.42 Å². The van der Waals surface area contributed by atoms with E-state index in [9.17, 15) is 13.2 Å². The minimum atomic E-state index is -4.33. The number of benzene rings is 1. The summed E-state index contributed by atoms with van der Waals surface area (Å²) in [5.74, 6) is 0.271. The Morgan fingerprint density at radius 3 is 2.47 bits per heavy atom. The molecule has 0 bridgehead atoms. The Morgan fingerprint density at radius 1 is 1.11 bits per heavy atom. The zero-order valence-corrected chi connectivity index (χ0v) is 9.78. The number of halogens is 3. The van der Waals surface area contributed by atoms with Crippen molar-refractivity contribution in [2.45, 2.75) is 12.6 Å². The molecule has 0 fully saturated rings. The van der Waals surface area contributed by atoms with E-state index in [1.807, 2.05) is 0 Å². The first kappa shape index (κ1) is 13.1. The molecule has 0 saturated carbocycles. The van der Waals surface area contributed by atoms with E-state index >= 15 is 0 Å². The van der Waals surface area contributed by atoms with Gasteiger partial charge in [0.2, 0.25) is 0 Å². The monoisotopic (exact) mass is 262 g/mol. The number of alkyl halides is 3. The Balaban J connectivity index is 2.21. The number of hydrogen-bond acceptors (Lipinski definition) is 1. The predicted octanol–water partition coefficient (Wildman–Crippen LogP) is 4.24. The van der Waals surface area contributed by atoms with Crippen molar-refractivity contribution in [3.8, 4) is 0 Å². The quantitative estimate of drug-likeness (QED) is 0.740. The van der Waals surface area contributed by atoms with Crippen LogP contribution in [0.15, 0.2) is 42.6 Å². The van der Waals surface area contributed by atoms with Crippen LogP contribution in [-0.4, -0.2) is 4.98 Å². The van der Waals surface area contributed by atoms with Gasteiger partial charge in [-0.2, -0.15) is 13.2 Å². The molecular formula is C14H9F3N2. The topological polar surface area (TPSA) is 17.2 Å². The van der Waals surface area contributed by atoms with E-state index in [4.69, 9.17) is 6.57 Å². The van der Waals surface area contributed by atoms with Gasteiger partial charge in [0.1, 0.15) is 6.20 Å². The Labute approximate surface area is 108 Å². The van der Waals surface area contributed by atoms with Crippen molar-refractivity contribution < 1.29 is 13.2 Å². The second kappa shape index (κ2) is 5.11. The summed E-state index contributed by atoms with van der Waals surface area (Å²) in [5.41, 5.74) is 0.676. The number of nitrogens with zero attached hydrogens (tertiary/aromatic N) is 2. The van der Waals surface area contributed by atoms with Crippen LogP contribution in [0.5, 0.6) is 0 Å². The van der Waals surface area contributed by atoms with Gasteiger partial charge in [0.15, 0.2) is 0 Å². The largest absolute Gasteiger partial charge is 0.416 e. The molecule has 19 heavy (non-hydrogen) atoms. The van der Waals surface area contributed by atoms with E-state index in [1.54, 1.807) is 18.2 Å². The van der Waals surface area contributed by atoms with Crippen molar-refractivity contribution in [3.05, 3.63) is 70.7 Å². The van der Waals surface area contributed by atoms with Crippen LogP contribution < -0.4 is 0 Å². The van der Waals surface area contributed by atoms with Gasteiger partial charge >= 0.3 is 6.18 Å². The third-order valence-corrected chi connectivity index (χ3v) is 2.59. The first-order chi connectivity index (χ1) is 8.99. The van der Waals surface area contributed by atoms with Gasteiger partial charge in [-0.05, 0) is 23.3 Å². The summed E-state index contributed by atoms with van der Waals surface area (Å²) in [6.07, 6.45) is -2.47. The van der Waals surface area contributed by atoms with Gasteiger partial charge in [-0.15, -0.1) is 4.98 Å². The average molecular weight is 262 g/mol. The van der Waals surface area contributed by atoms with Crippen LogP contribution in [0, 0.1) is 6.57 Å². The molecule has 0 aliphatic rings. The van der Waals surface area contributed by atoms with Gasteiger partial charge in [-0.25, -0.2) is 0 Å². The van der Waals surface area contributed by atoms with Crippen molar-refractivity contribution in [1.82, 2.24) is 4.98 Å². The van der Waals surface area contributed by atoms with Crippen molar-refractivity contribution in [3.63, 3.8) is 0 Å². The standard InChI is InChI=1S/C14H9F3N2/c1-18-13-6-5-11(9-19-13)7-10-3-2-4-12(8-10)14(15,16)17/h2-6,8-9H,7H2. The van der Waals surface area contributed by atoms with Crippen LogP contribution in [0.2, 0.25) is 0 Å². The highest BCUT2D eigenvalue weighted by Gasteiger charge is 2.30. The first-order valence-electron chi connectivity index (χ1n) is 5.47. The van der Waals surface area contributed by atoms with E-state index in [1.165, 1.54) is 12.3 Å². The van der Waals surface area contributed by atoms with Gasteiger partial charge in [-0.3, -0.25) is 0 Å². The van der Waals surface area contributed by atoms with Crippen molar-refractivity contribution in [1.29, 1.82) is 0 Å². The summed E-state index contributed by atoms with van der Waals surface area (Å²) >= 11 is 0. The molecule has 0 aliphatic heterocycles. The number of rotatable bonds is 2. The highest BCUT2D eigenvalue weighted by molar-refractivity contribution is 5.38. The highest BCUT2D eigenvalue weighted by Crippen LogP contribution is 2.29.